The molecule has 0 saturated carbocycles. The Bertz CT molecular complexity index is 1330. The van der Waals surface area contributed by atoms with Crippen molar-refractivity contribution in [3.8, 4) is 11.3 Å². The summed E-state index contributed by atoms with van der Waals surface area (Å²) < 4.78 is 26.6. The van der Waals surface area contributed by atoms with Crippen LogP contribution in [0, 0.1) is 0 Å². The Balaban J connectivity index is 1.86. The fourth-order valence-corrected chi connectivity index (χ4v) is 4.72. The molecule has 1 atom stereocenters. The molecular weight excluding hydrogens is 428 g/mol. The average Bonchev–Trinajstić information content (AvgIpc) is 3.22. The van der Waals surface area contributed by atoms with Gasteiger partial charge in [-0.3, -0.25) is 4.79 Å². The Labute approximate surface area is 187 Å². The number of benzene rings is 1. The Hall–Kier alpha value is -2.98. The van der Waals surface area contributed by atoms with Crippen LogP contribution in [0.2, 0.25) is 0 Å². The summed E-state index contributed by atoms with van der Waals surface area (Å²) in [4.78, 5) is 22.0. The summed E-state index contributed by atoms with van der Waals surface area (Å²) in [6.07, 6.45) is 3.61. The number of sulfone groups is 1. The third kappa shape index (κ3) is 4.46. The number of nitrogens with zero attached hydrogens (tertiary/aromatic N) is 3. The van der Waals surface area contributed by atoms with Crippen molar-refractivity contribution in [1.29, 1.82) is 0 Å². The summed E-state index contributed by atoms with van der Waals surface area (Å²) >= 11 is 0. The molecule has 0 unspecified atom stereocenters. The number of anilines is 2. The smallest absolute Gasteiger partial charge is 0.264 e. The van der Waals surface area contributed by atoms with Gasteiger partial charge in [0.2, 0.25) is 0 Å². The van der Waals surface area contributed by atoms with Crippen LogP contribution in [0.15, 0.2) is 40.3 Å². The molecule has 1 saturated heterocycles. The maximum absolute atomic E-state index is 12.7. The number of rotatable bonds is 6. The highest BCUT2D eigenvalue weighted by Crippen LogP contribution is 2.31. The van der Waals surface area contributed by atoms with Gasteiger partial charge in [0.25, 0.3) is 5.56 Å². The number of aryl methyl sites for hydroxylation is 1. The van der Waals surface area contributed by atoms with Gasteiger partial charge in [0.1, 0.15) is 11.2 Å². The number of hydrogen-bond acceptors (Lipinski definition) is 8. The molecule has 170 valence electrons. The molecule has 3 N–H and O–H groups in total. The maximum atomic E-state index is 12.7. The Morgan fingerprint density at radius 3 is 2.69 bits per heavy atom. The van der Waals surface area contributed by atoms with Crippen LogP contribution in [0.5, 0.6) is 0 Å². The molecule has 0 bridgehead atoms. The number of aromatic nitrogens is 3. The third-order valence-electron chi connectivity index (χ3n) is 5.43. The second-order valence-electron chi connectivity index (χ2n) is 8.53. The highest BCUT2D eigenvalue weighted by Gasteiger charge is 2.21. The lowest BCUT2D eigenvalue weighted by Crippen LogP contribution is -2.23. The van der Waals surface area contributed by atoms with Crippen LogP contribution in [-0.2, 0) is 16.9 Å². The first-order valence-electron chi connectivity index (χ1n) is 10.6. The molecule has 1 aliphatic heterocycles. The van der Waals surface area contributed by atoms with Crippen molar-refractivity contribution >= 4 is 32.2 Å². The molecule has 3 aromatic rings. The normalized spacial score (nSPS) is 16.6. The van der Waals surface area contributed by atoms with E-state index in [0.29, 0.717) is 33.7 Å². The molecule has 1 aromatic carbocycles. The number of pyridine rings is 1. The van der Waals surface area contributed by atoms with Crippen molar-refractivity contribution in [2.24, 2.45) is 7.05 Å². The lowest BCUT2D eigenvalue weighted by atomic mass is 10.1. The minimum atomic E-state index is -3.48. The number of fused-ring (bicyclic) bond motifs is 1. The van der Waals surface area contributed by atoms with Crippen molar-refractivity contribution in [2.75, 3.05) is 30.0 Å². The molecule has 0 spiro atoms. The largest absolute Gasteiger partial charge is 0.380 e. The van der Waals surface area contributed by atoms with Crippen molar-refractivity contribution in [3.05, 3.63) is 40.9 Å². The Morgan fingerprint density at radius 1 is 1.25 bits per heavy atom. The van der Waals surface area contributed by atoms with Gasteiger partial charge in [0.05, 0.1) is 28.1 Å². The van der Waals surface area contributed by atoms with Gasteiger partial charge < -0.3 is 20.5 Å². The lowest BCUT2D eigenvalue weighted by Gasteiger charge is -2.18. The van der Waals surface area contributed by atoms with Gasteiger partial charge in [-0.05, 0) is 45.0 Å². The van der Waals surface area contributed by atoms with E-state index in [0.717, 1.165) is 19.5 Å². The minimum Gasteiger partial charge on any atom is -0.380 e. The van der Waals surface area contributed by atoms with E-state index in [9.17, 15) is 13.2 Å². The summed E-state index contributed by atoms with van der Waals surface area (Å²) in [6, 6.07) is 7.20. The zero-order chi connectivity index (χ0) is 23.0. The van der Waals surface area contributed by atoms with Crippen molar-refractivity contribution in [1.82, 2.24) is 19.9 Å². The lowest BCUT2D eigenvalue weighted by molar-refractivity contribution is 0.602. The first kappa shape index (κ1) is 22.2. The second kappa shape index (κ2) is 8.51. The molecule has 3 heterocycles. The van der Waals surface area contributed by atoms with Gasteiger partial charge in [-0.2, -0.15) is 0 Å². The Kier molecular flexibility index (Phi) is 5.91. The van der Waals surface area contributed by atoms with Crippen LogP contribution >= 0.6 is 0 Å². The van der Waals surface area contributed by atoms with Crippen LogP contribution < -0.4 is 21.5 Å². The monoisotopic (exact) mass is 456 g/mol. The predicted molar refractivity (Wildman–Crippen MR) is 127 cm³/mol. The number of hydrogen-bond donors (Lipinski definition) is 3. The molecule has 32 heavy (non-hydrogen) atoms. The second-order valence-corrected chi connectivity index (χ2v) is 10.5. The average molecular weight is 457 g/mol. The van der Waals surface area contributed by atoms with Crippen molar-refractivity contribution in [2.45, 2.75) is 37.2 Å². The molecule has 0 aliphatic carbocycles. The molecule has 0 amide bonds. The van der Waals surface area contributed by atoms with Crippen LogP contribution in [0.25, 0.3) is 22.2 Å². The van der Waals surface area contributed by atoms with E-state index in [1.165, 1.54) is 17.2 Å². The summed E-state index contributed by atoms with van der Waals surface area (Å²) in [7, 11) is -1.84. The van der Waals surface area contributed by atoms with E-state index in [-0.39, 0.29) is 22.5 Å². The summed E-state index contributed by atoms with van der Waals surface area (Å²) in [6.45, 7) is 5.62. The van der Waals surface area contributed by atoms with Gasteiger partial charge in [-0.15, -0.1) is 0 Å². The highest BCUT2D eigenvalue weighted by molar-refractivity contribution is 7.90. The molecule has 1 aliphatic rings. The molecule has 2 aromatic heterocycles. The molecule has 4 rings (SSSR count). The first-order chi connectivity index (χ1) is 15.1. The zero-order valence-corrected chi connectivity index (χ0v) is 19.5. The summed E-state index contributed by atoms with van der Waals surface area (Å²) in [5.74, 6) is 0.432. The van der Waals surface area contributed by atoms with Gasteiger partial charge in [-0.25, -0.2) is 18.4 Å². The Morgan fingerprint density at radius 2 is 2.03 bits per heavy atom. The predicted octanol–water partition coefficient (Wildman–Crippen LogP) is 1.99. The molecule has 0 radical (unpaired) electrons. The fourth-order valence-electron chi connectivity index (χ4n) is 3.85. The standard InChI is InChI=1S/C22H28N6O3S/c1-13(2)25-21-20-18(24-12-28(3)22(20)29)10-17(27-21)14-5-6-16(19(9-14)32(4,30)31)26-15-7-8-23-11-15/h5-6,9-10,12-13,15,23,26H,7-8,11H2,1-4H3,(H,25,27)/t15-/m0/s1. The highest BCUT2D eigenvalue weighted by atomic mass is 32.2. The minimum absolute atomic E-state index is 0.0454. The quantitative estimate of drug-likeness (QED) is 0.515. The molecular formula is C22H28N6O3S. The number of nitrogens with one attached hydrogen (secondary N) is 3. The van der Waals surface area contributed by atoms with Crippen LogP contribution in [-0.4, -0.2) is 54.4 Å². The van der Waals surface area contributed by atoms with E-state index < -0.39 is 9.84 Å². The maximum Gasteiger partial charge on any atom is 0.264 e. The van der Waals surface area contributed by atoms with E-state index in [2.05, 4.69) is 25.9 Å². The van der Waals surface area contributed by atoms with E-state index in [1.807, 2.05) is 19.9 Å². The zero-order valence-electron chi connectivity index (χ0n) is 18.6. The van der Waals surface area contributed by atoms with Gasteiger partial charge in [0, 0.05) is 37.5 Å². The van der Waals surface area contributed by atoms with E-state index in [4.69, 9.17) is 0 Å². The molecule has 10 heteroatoms. The molecule has 1 fully saturated rings. The van der Waals surface area contributed by atoms with Gasteiger partial charge >= 0.3 is 0 Å². The van der Waals surface area contributed by atoms with E-state index >= 15 is 0 Å². The van der Waals surface area contributed by atoms with Crippen molar-refractivity contribution in [3.63, 3.8) is 0 Å². The fraction of sp³-hybridized carbons (Fsp3) is 0.409. The van der Waals surface area contributed by atoms with Crippen LogP contribution in [0.3, 0.4) is 0 Å². The van der Waals surface area contributed by atoms with Crippen molar-refractivity contribution < 1.29 is 8.42 Å². The van der Waals surface area contributed by atoms with Gasteiger partial charge in [-0.1, -0.05) is 6.07 Å². The topological polar surface area (TPSA) is 118 Å². The SMILES string of the molecule is CC(C)Nc1nc(-c2ccc(N[C@H]3CCNC3)c(S(C)(=O)=O)c2)cc2ncn(C)c(=O)c12. The molecule has 9 nitrogen and oxygen atoms in total. The first-order valence-corrected chi connectivity index (χ1v) is 12.5. The summed E-state index contributed by atoms with van der Waals surface area (Å²) in [5.41, 5.74) is 2.07. The van der Waals surface area contributed by atoms with Crippen LogP contribution in [0.1, 0.15) is 20.3 Å². The van der Waals surface area contributed by atoms with Crippen LogP contribution in [0.4, 0.5) is 11.5 Å². The third-order valence-corrected chi connectivity index (χ3v) is 6.56. The van der Waals surface area contributed by atoms with E-state index in [1.54, 1.807) is 25.2 Å². The summed E-state index contributed by atoms with van der Waals surface area (Å²) in [5, 5.41) is 10.3. The van der Waals surface area contributed by atoms with Gasteiger partial charge in [0.15, 0.2) is 9.84 Å².